The second-order valence-electron chi connectivity index (χ2n) is 4.77. The van der Waals surface area contributed by atoms with E-state index in [1.807, 2.05) is 6.08 Å². The third kappa shape index (κ3) is 4.71. The Hall–Kier alpha value is 0.117. The molecular weight excluding hydrogens is 304 g/mol. The highest BCUT2D eigenvalue weighted by Crippen LogP contribution is 2.18. The second-order valence-corrected chi connectivity index (χ2v) is 11.0. The van der Waals surface area contributed by atoms with Gasteiger partial charge in [-0.25, -0.2) is 0 Å². The third-order valence-electron chi connectivity index (χ3n) is 2.00. The van der Waals surface area contributed by atoms with Gasteiger partial charge in [0.05, 0.1) is 15.5 Å². The predicted octanol–water partition coefficient (Wildman–Crippen LogP) is 4.00. The molecule has 17 heavy (non-hydrogen) atoms. The van der Waals surface area contributed by atoms with Gasteiger partial charge in [0.2, 0.25) is 8.32 Å². The Kier molecular flexibility index (Phi) is 5.21. The first-order chi connectivity index (χ1) is 7.70. The van der Waals surface area contributed by atoms with E-state index in [2.05, 4.69) is 19.6 Å². The molecule has 0 fully saturated rings. The van der Waals surface area contributed by atoms with Crippen LogP contribution < -0.4 is 0 Å². The minimum atomic E-state index is -1.62. The Morgan fingerprint density at radius 3 is 2.06 bits per heavy atom. The molecule has 1 aliphatic carbocycles. The average Bonchev–Trinajstić information content (AvgIpc) is 2.20. The van der Waals surface area contributed by atoms with E-state index in [9.17, 15) is 0 Å². The van der Waals surface area contributed by atoms with Crippen molar-refractivity contribution < 1.29 is 4.43 Å². The summed E-state index contributed by atoms with van der Waals surface area (Å²) in [5.74, 6) is 0.890. The van der Waals surface area contributed by atoms with Gasteiger partial charge in [0.25, 0.3) is 0 Å². The van der Waals surface area contributed by atoms with Crippen LogP contribution in [-0.4, -0.2) is 27.8 Å². The fourth-order valence-electron chi connectivity index (χ4n) is 1.33. The molecule has 1 nitrogen and oxygen atoms in total. The van der Waals surface area contributed by atoms with Gasteiger partial charge in [0, 0.05) is 22.6 Å². The monoisotopic (exact) mass is 318 g/mol. The highest BCUT2D eigenvalue weighted by molar-refractivity contribution is 7.98. The molecular formula is C11H14OS4Si. The molecule has 0 atom stereocenters. The van der Waals surface area contributed by atoms with Crippen molar-refractivity contribution in [1.29, 1.82) is 0 Å². The maximum Gasteiger partial charge on any atom is 0.241 e. The molecule has 1 rings (SSSR count). The largest absolute Gasteiger partial charge is 0.547 e. The van der Waals surface area contributed by atoms with E-state index >= 15 is 0 Å². The average molecular weight is 319 g/mol. The van der Waals surface area contributed by atoms with E-state index in [0.29, 0.717) is 32.3 Å². The van der Waals surface area contributed by atoms with Crippen molar-refractivity contribution in [2.45, 2.75) is 32.5 Å². The summed E-state index contributed by atoms with van der Waals surface area (Å²) in [5, 5.41) is 0. The van der Waals surface area contributed by atoms with E-state index in [-0.39, 0.29) is 0 Å². The zero-order chi connectivity index (χ0) is 13.2. The summed E-state index contributed by atoms with van der Waals surface area (Å²) >= 11 is 20.9. The Morgan fingerprint density at radius 1 is 1.00 bits per heavy atom. The van der Waals surface area contributed by atoms with Crippen LogP contribution in [0.25, 0.3) is 0 Å². The quantitative estimate of drug-likeness (QED) is 0.560. The first-order valence-corrected chi connectivity index (χ1v) is 10.3. The van der Waals surface area contributed by atoms with Crippen LogP contribution in [0.2, 0.25) is 19.6 Å². The fourth-order valence-corrected chi connectivity index (χ4v) is 3.24. The van der Waals surface area contributed by atoms with E-state index in [4.69, 9.17) is 53.3 Å². The van der Waals surface area contributed by atoms with Crippen LogP contribution in [0, 0.1) is 0 Å². The van der Waals surface area contributed by atoms with Gasteiger partial charge in [-0.1, -0.05) is 48.9 Å². The molecule has 0 unspecified atom stereocenters. The Balaban J connectivity index is 2.96. The number of hydrogen-bond donors (Lipinski definition) is 0. The molecule has 0 saturated carbocycles. The van der Waals surface area contributed by atoms with Crippen molar-refractivity contribution >= 4 is 76.6 Å². The highest BCUT2D eigenvalue weighted by atomic mass is 32.1. The standard InChI is InChI=1S/C11H14OS4Si/c1-17(2,3)12-7-4-5-8(13)10(15)11(16)9(14)6-7/h4H,5-6H2,1-3H3/b7-4+. The molecule has 92 valence electrons. The molecule has 1 aliphatic rings. The second kappa shape index (κ2) is 5.84. The van der Waals surface area contributed by atoms with Gasteiger partial charge in [-0.05, 0) is 25.7 Å². The first-order valence-electron chi connectivity index (χ1n) is 5.23. The molecule has 0 aromatic rings. The van der Waals surface area contributed by atoms with E-state index < -0.39 is 8.32 Å². The zero-order valence-corrected chi connectivity index (χ0v) is 14.3. The van der Waals surface area contributed by atoms with Gasteiger partial charge < -0.3 is 4.43 Å². The topological polar surface area (TPSA) is 9.23 Å². The SMILES string of the molecule is C[Si](C)(C)O/C1=C/CC(=S)C(=S)C(=S)C(=S)C1. The minimum absolute atomic E-state index is 0.546. The molecule has 0 bridgehead atoms. The zero-order valence-electron chi connectivity index (χ0n) is 10.0. The van der Waals surface area contributed by atoms with Gasteiger partial charge in [-0.2, -0.15) is 0 Å². The summed E-state index contributed by atoms with van der Waals surface area (Å²) in [5.41, 5.74) is 0. The number of allylic oxidation sites excluding steroid dienone is 2. The molecule has 0 spiro atoms. The number of thiocarbonyl (C=S) groups is 4. The maximum absolute atomic E-state index is 5.97. The van der Waals surface area contributed by atoms with Gasteiger partial charge >= 0.3 is 0 Å². The lowest BCUT2D eigenvalue weighted by molar-refractivity contribution is 0.415. The van der Waals surface area contributed by atoms with Crippen molar-refractivity contribution in [3.05, 3.63) is 11.8 Å². The summed E-state index contributed by atoms with van der Waals surface area (Å²) < 4.78 is 5.97. The predicted molar refractivity (Wildman–Crippen MR) is 92.1 cm³/mol. The van der Waals surface area contributed by atoms with E-state index in [1.165, 1.54) is 0 Å². The molecule has 0 saturated heterocycles. The molecule has 0 heterocycles. The van der Waals surface area contributed by atoms with Gasteiger partial charge in [-0.15, -0.1) is 0 Å². The molecule has 0 aromatic heterocycles. The van der Waals surface area contributed by atoms with Gasteiger partial charge in [-0.3, -0.25) is 0 Å². The molecule has 0 aromatic carbocycles. The Labute approximate surface area is 125 Å². The Bertz CT molecular complexity index is 431. The molecule has 0 N–H and O–H groups in total. The van der Waals surface area contributed by atoms with Crippen molar-refractivity contribution in [3.63, 3.8) is 0 Å². The van der Waals surface area contributed by atoms with Crippen molar-refractivity contribution in [2.24, 2.45) is 0 Å². The summed E-state index contributed by atoms with van der Waals surface area (Å²) in [6, 6.07) is 0. The van der Waals surface area contributed by atoms with Crippen molar-refractivity contribution in [1.82, 2.24) is 0 Å². The lowest BCUT2D eigenvalue weighted by Gasteiger charge is -2.23. The molecule has 0 aliphatic heterocycles. The van der Waals surface area contributed by atoms with E-state index in [0.717, 1.165) is 5.76 Å². The molecule has 0 amide bonds. The summed E-state index contributed by atoms with van der Waals surface area (Å²) in [7, 11) is -1.62. The fraction of sp³-hybridized carbons (Fsp3) is 0.455. The Morgan fingerprint density at radius 2 is 1.53 bits per heavy atom. The lowest BCUT2D eigenvalue weighted by Crippen LogP contribution is -2.30. The van der Waals surface area contributed by atoms with Crippen LogP contribution in [0.15, 0.2) is 11.8 Å². The lowest BCUT2D eigenvalue weighted by atomic mass is 10.0. The van der Waals surface area contributed by atoms with Gasteiger partial charge in [0.1, 0.15) is 0 Å². The van der Waals surface area contributed by atoms with Crippen molar-refractivity contribution in [2.75, 3.05) is 0 Å². The number of rotatable bonds is 2. The normalized spacial score (nSPS) is 21.7. The van der Waals surface area contributed by atoms with E-state index in [1.54, 1.807) is 0 Å². The van der Waals surface area contributed by atoms with Crippen LogP contribution in [0.3, 0.4) is 0 Å². The van der Waals surface area contributed by atoms with Crippen molar-refractivity contribution in [3.8, 4) is 0 Å². The first kappa shape index (κ1) is 15.2. The summed E-state index contributed by atoms with van der Waals surface area (Å²) in [6.45, 7) is 6.41. The molecule has 0 radical (unpaired) electrons. The molecule has 6 heteroatoms. The smallest absolute Gasteiger partial charge is 0.241 e. The maximum atomic E-state index is 5.97. The van der Waals surface area contributed by atoms with Crippen LogP contribution in [0.4, 0.5) is 0 Å². The van der Waals surface area contributed by atoms with Gasteiger partial charge in [0.15, 0.2) is 0 Å². The summed E-state index contributed by atoms with van der Waals surface area (Å²) in [4.78, 5) is 2.45. The van der Waals surface area contributed by atoms with Crippen LogP contribution in [0.5, 0.6) is 0 Å². The highest BCUT2D eigenvalue weighted by Gasteiger charge is 2.23. The third-order valence-corrected chi connectivity index (χ3v) is 4.88. The van der Waals surface area contributed by atoms with Crippen LogP contribution >= 0.6 is 48.9 Å². The number of hydrogen-bond acceptors (Lipinski definition) is 5. The van der Waals surface area contributed by atoms with Crippen LogP contribution in [-0.2, 0) is 4.43 Å². The van der Waals surface area contributed by atoms with Crippen LogP contribution in [0.1, 0.15) is 12.8 Å². The summed E-state index contributed by atoms with van der Waals surface area (Å²) in [6.07, 6.45) is 3.18. The minimum Gasteiger partial charge on any atom is -0.547 e.